The third-order valence-corrected chi connectivity index (χ3v) is 2.96. The van der Waals surface area contributed by atoms with Crippen LogP contribution in [0.3, 0.4) is 0 Å². The number of H-pyrrole nitrogens is 1. The molecule has 3 amide bonds. The summed E-state index contributed by atoms with van der Waals surface area (Å²) in [6.45, 7) is 0. The minimum atomic E-state index is -0.318. The van der Waals surface area contributed by atoms with Crippen LogP contribution in [-0.4, -0.2) is 24.0 Å². The molecule has 6 nitrogen and oxygen atoms in total. The Labute approximate surface area is 124 Å². The second-order valence-electron chi connectivity index (χ2n) is 3.97. The molecule has 0 saturated heterocycles. The van der Waals surface area contributed by atoms with Gasteiger partial charge in [0.15, 0.2) is 0 Å². The van der Waals surface area contributed by atoms with Gasteiger partial charge >= 0.3 is 6.03 Å². The first-order valence-electron chi connectivity index (χ1n) is 5.82. The topological polar surface area (TPSA) is 86.0 Å². The molecule has 0 spiro atoms. The molecule has 0 bridgehead atoms. The fourth-order valence-electron chi connectivity index (χ4n) is 1.57. The predicted octanol–water partition coefficient (Wildman–Crippen LogP) is 2.78. The van der Waals surface area contributed by atoms with Gasteiger partial charge in [-0.3, -0.25) is 4.79 Å². The van der Waals surface area contributed by atoms with Crippen LogP contribution in [0.1, 0.15) is 10.5 Å². The van der Waals surface area contributed by atoms with Gasteiger partial charge in [0.1, 0.15) is 5.69 Å². The molecule has 1 heterocycles. The fraction of sp³-hybridized carbons (Fsp3) is 0.0769. The Hall–Kier alpha value is -2.28. The van der Waals surface area contributed by atoms with Crippen LogP contribution in [0.2, 0.25) is 0 Å². The first-order chi connectivity index (χ1) is 9.58. The zero-order valence-electron chi connectivity index (χ0n) is 10.7. The van der Waals surface area contributed by atoms with Crippen molar-refractivity contribution in [1.29, 1.82) is 0 Å². The summed E-state index contributed by atoms with van der Waals surface area (Å²) in [5.41, 5.74) is 1.63. The Bertz CT molecular complexity index is 639. The van der Waals surface area contributed by atoms with Crippen molar-refractivity contribution in [2.45, 2.75) is 0 Å². The molecule has 0 unspecified atom stereocenters. The van der Waals surface area contributed by atoms with Gasteiger partial charge in [0.25, 0.3) is 5.91 Å². The van der Waals surface area contributed by atoms with Crippen molar-refractivity contribution in [3.63, 3.8) is 0 Å². The van der Waals surface area contributed by atoms with Crippen LogP contribution in [0.15, 0.2) is 41.0 Å². The molecule has 0 atom stereocenters. The van der Waals surface area contributed by atoms with Crippen LogP contribution in [0.4, 0.5) is 16.2 Å². The lowest BCUT2D eigenvalue weighted by Gasteiger charge is -2.08. The molecule has 0 aliphatic heterocycles. The van der Waals surface area contributed by atoms with E-state index < -0.39 is 0 Å². The lowest BCUT2D eigenvalue weighted by Crippen LogP contribution is -2.24. The number of halogens is 1. The van der Waals surface area contributed by atoms with E-state index in [2.05, 4.69) is 36.9 Å². The number of rotatable bonds is 3. The Morgan fingerprint density at radius 1 is 1.15 bits per heavy atom. The summed E-state index contributed by atoms with van der Waals surface area (Å²) in [5.74, 6) is -0.257. The lowest BCUT2D eigenvalue weighted by molar-refractivity contribution is 0.102. The first-order valence-corrected chi connectivity index (χ1v) is 6.62. The summed E-state index contributed by atoms with van der Waals surface area (Å²) in [7, 11) is 1.53. The van der Waals surface area contributed by atoms with Crippen molar-refractivity contribution in [1.82, 2.24) is 10.3 Å². The van der Waals surface area contributed by atoms with Gasteiger partial charge in [0.2, 0.25) is 0 Å². The van der Waals surface area contributed by atoms with Crippen molar-refractivity contribution in [2.24, 2.45) is 0 Å². The molecular weight excluding hydrogens is 324 g/mol. The molecule has 0 fully saturated rings. The van der Waals surface area contributed by atoms with E-state index in [-0.39, 0.29) is 11.9 Å². The standard InChI is InChI=1S/C13H13BrN4O2/c1-15-13(20)18-10-4-2-3-9(6-10)17-12(19)11-5-8(14)7-16-11/h2-7,16H,1H3,(H,17,19)(H2,15,18,20). The Kier molecular flexibility index (Phi) is 4.41. The number of carbonyl (C=O) groups is 2. The summed E-state index contributed by atoms with van der Waals surface area (Å²) in [6, 6.07) is 8.25. The molecule has 104 valence electrons. The van der Waals surface area contributed by atoms with E-state index in [0.717, 1.165) is 4.47 Å². The van der Waals surface area contributed by atoms with Gasteiger partial charge in [-0.05, 0) is 40.2 Å². The number of amides is 3. The largest absolute Gasteiger partial charge is 0.356 e. The summed E-state index contributed by atoms with van der Waals surface area (Å²) in [6.07, 6.45) is 1.68. The number of anilines is 2. The maximum Gasteiger partial charge on any atom is 0.318 e. The third kappa shape index (κ3) is 3.61. The third-order valence-electron chi connectivity index (χ3n) is 2.50. The van der Waals surface area contributed by atoms with Crippen LogP contribution in [0.5, 0.6) is 0 Å². The minimum Gasteiger partial charge on any atom is -0.356 e. The molecule has 1 aromatic heterocycles. The van der Waals surface area contributed by atoms with Crippen LogP contribution >= 0.6 is 15.9 Å². The van der Waals surface area contributed by atoms with Gasteiger partial charge in [-0.25, -0.2) is 4.79 Å². The minimum absolute atomic E-state index is 0.257. The highest BCUT2D eigenvalue weighted by atomic mass is 79.9. The van der Waals surface area contributed by atoms with E-state index in [1.165, 1.54) is 7.05 Å². The monoisotopic (exact) mass is 336 g/mol. The Morgan fingerprint density at radius 2 is 1.85 bits per heavy atom. The summed E-state index contributed by atoms with van der Waals surface area (Å²) < 4.78 is 0.803. The molecule has 1 aromatic carbocycles. The molecule has 0 radical (unpaired) electrons. The van der Waals surface area contributed by atoms with Gasteiger partial charge in [0.05, 0.1) is 0 Å². The summed E-state index contributed by atoms with van der Waals surface area (Å²) in [5, 5.41) is 7.83. The number of urea groups is 1. The Morgan fingerprint density at radius 3 is 2.45 bits per heavy atom. The molecule has 20 heavy (non-hydrogen) atoms. The number of benzene rings is 1. The van der Waals surface area contributed by atoms with E-state index in [9.17, 15) is 9.59 Å². The first kappa shape index (κ1) is 14.1. The van der Waals surface area contributed by atoms with Crippen LogP contribution < -0.4 is 16.0 Å². The van der Waals surface area contributed by atoms with Gasteiger partial charge < -0.3 is 20.9 Å². The van der Waals surface area contributed by atoms with E-state index in [0.29, 0.717) is 17.1 Å². The average Bonchev–Trinajstić information content (AvgIpc) is 2.86. The summed E-state index contributed by atoms with van der Waals surface area (Å²) >= 11 is 3.27. The van der Waals surface area contributed by atoms with E-state index in [1.807, 2.05) is 0 Å². The molecule has 4 N–H and O–H groups in total. The number of nitrogens with one attached hydrogen (secondary N) is 4. The van der Waals surface area contributed by atoms with Crippen LogP contribution in [0.25, 0.3) is 0 Å². The van der Waals surface area contributed by atoms with Crippen LogP contribution in [0, 0.1) is 0 Å². The van der Waals surface area contributed by atoms with Crippen molar-refractivity contribution >= 4 is 39.2 Å². The van der Waals surface area contributed by atoms with Gasteiger partial charge in [-0.2, -0.15) is 0 Å². The van der Waals surface area contributed by atoms with Crippen molar-refractivity contribution in [3.8, 4) is 0 Å². The fourth-order valence-corrected chi connectivity index (χ4v) is 1.91. The summed E-state index contributed by atoms with van der Waals surface area (Å²) in [4.78, 5) is 26.0. The number of aromatic nitrogens is 1. The molecule has 0 saturated carbocycles. The zero-order valence-corrected chi connectivity index (χ0v) is 12.2. The second kappa shape index (κ2) is 6.25. The van der Waals surface area contributed by atoms with Crippen molar-refractivity contribution in [2.75, 3.05) is 17.7 Å². The van der Waals surface area contributed by atoms with Crippen LogP contribution in [-0.2, 0) is 0 Å². The van der Waals surface area contributed by atoms with Crippen molar-refractivity contribution < 1.29 is 9.59 Å². The molecule has 0 aliphatic carbocycles. The van der Waals surface area contributed by atoms with E-state index >= 15 is 0 Å². The maximum atomic E-state index is 12.0. The molecule has 2 aromatic rings. The van der Waals surface area contributed by atoms with Gasteiger partial charge in [-0.1, -0.05) is 6.07 Å². The highest BCUT2D eigenvalue weighted by molar-refractivity contribution is 9.10. The normalized spacial score (nSPS) is 9.90. The molecule has 0 aliphatic rings. The highest BCUT2D eigenvalue weighted by Crippen LogP contribution is 2.17. The molecular formula is C13H13BrN4O2. The Balaban J connectivity index is 2.08. The quantitative estimate of drug-likeness (QED) is 0.694. The lowest BCUT2D eigenvalue weighted by atomic mass is 10.2. The molecule has 2 rings (SSSR count). The van der Waals surface area contributed by atoms with Gasteiger partial charge in [0, 0.05) is 29.1 Å². The van der Waals surface area contributed by atoms with E-state index in [1.54, 1.807) is 36.5 Å². The SMILES string of the molecule is CNC(=O)Nc1cccc(NC(=O)c2cc(Br)c[nH]2)c1. The molecule has 7 heteroatoms. The number of aromatic amines is 1. The predicted molar refractivity (Wildman–Crippen MR) is 81.0 cm³/mol. The smallest absolute Gasteiger partial charge is 0.318 e. The van der Waals surface area contributed by atoms with Gasteiger partial charge in [-0.15, -0.1) is 0 Å². The maximum absolute atomic E-state index is 12.0. The zero-order chi connectivity index (χ0) is 14.5. The number of carbonyl (C=O) groups excluding carboxylic acids is 2. The highest BCUT2D eigenvalue weighted by Gasteiger charge is 2.08. The van der Waals surface area contributed by atoms with Crippen molar-refractivity contribution in [3.05, 3.63) is 46.7 Å². The second-order valence-corrected chi connectivity index (χ2v) is 4.89. The van der Waals surface area contributed by atoms with E-state index in [4.69, 9.17) is 0 Å². The number of hydrogen-bond acceptors (Lipinski definition) is 2. The number of hydrogen-bond donors (Lipinski definition) is 4. The average molecular weight is 337 g/mol.